The van der Waals surface area contributed by atoms with E-state index in [1.54, 1.807) is 11.0 Å². The Hall–Kier alpha value is -2.77. The van der Waals surface area contributed by atoms with E-state index < -0.39 is 12.2 Å². The van der Waals surface area contributed by atoms with Crippen LogP contribution in [0.2, 0.25) is 5.02 Å². The first kappa shape index (κ1) is 20.2. The highest BCUT2D eigenvalue weighted by Gasteiger charge is 2.40. The summed E-state index contributed by atoms with van der Waals surface area (Å²) in [6.45, 7) is 3.79. The summed E-state index contributed by atoms with van der Waals surface area (Å²) in [7, 11) is 0. The van der Waals surface area contributed by atoms with Crippen molar-refractivity contribution in [3.05, 3.63) is 69.6 Å². The molecule has 31 heavy (non-hydrogen) atoms. The molecule has 158 valence electrons. The van der Waals surface area contributed by atoms with Gasteiger partial charge in [-0.1, -0.05) is 41.9 Å². The quantitative estimate of drug-likeness (QED) is 0.420. The summed E-state index contributed by atoms with van der Waals surface area (Å²) < 4.78 is 14.5. The lowest BCUT2D eigenvalue weighted by molar-refractivity contribution is 0.0719. The highest BCUT2D eigenvalue weighted by molar-refractivity contribution is 7.15. The predicted molar refractivity (Wildman–Crippen MR) is 121 cm³/mol. The molecule has 2 aromatic heterocycles. The van der Waals surface area contributed by atoms with Crippen molar-refractivity contribution in [2.24, 2.45) is 0 Å². The number of carbonyl (C=O) groups excluding carboxylic acids is 1. The SMILES string of the molecule is Cc1nc(C(=O)N2C[C@@H](F)C[C@H]2c2nc3c(C)c(Cl)ccc3[nH]2)c(-c2ccccc2)s1. The third-order valence-corrected chi connectivity index (χ3v) is 7.09. The summed E-state index contributed by atoms with van der Waals surface area (Å²) in [5.41, 5.74) is 3.71. The van der Waals surface area contributed by atoms with Gasteiger partial charge in [0.15, 0.2) is 0 Å². The monoisotopic (exact) mass is 454 g/mol. The van der Waals surface area contributed by atoms with Gasteiger partial charge < -0.3 is 9.88 Å². The molecule has 5 nitrogen and oxygen atoms in total. The number of nitrogens with zero attached hydrogens (tertiary/aromatic N) is 3. The normalized spacial score (nSPS) is 18.8. The maximum atomic E-state index is 14.5. The number of thiazole rings is 1. The summed E-state index contributed by atoms with van der Waals surface area (Å²) in [6.07, 6.45) is -0.922. The molecule has 5 rings (SSSR count). The lowest BCUT2D eigenvalue weighted by Crippen LogP contribution is -2.32. The molecule has 1 amide bonds. The number of hydrogen-bond donors (Lipinski definition) is 1. The highest BCUT2D eigenvalue weighted by Crippen LogP contribution is 2.38. The number of likely N-dealkylation sites (tertiary alicyclic amines) is 1. The molecule has 8 heteroatoms. The second-order valence-electron chi connectivity index (χ2n) is 7.77. The number of halogens is 2. The van der Waals surface area contributed by atoms with Gasteiger partial charge in [-0.15, -0.1) is 11.3 Å². The average Bonchev–Trinajstić information content (AvgIpc) is 3.47. The van der Waals surface area contributed by atoms with Gasteiger partial charge in [0.2, 0.25) is 0 Å². The molecule has 4 aromatic rings. The number of H-pyrrole nitrogens is 1. The Morgan fingerprint density at radius 3 is 2.74 bits per heavy atom. The van der Waals surface area contributed by atoms with Crippen LogP contribution in [-0.4, -0.2) is 38.5 Å². The molecule has 1 N–H and O–H groups in total. The van der Waals surface area contributed by atoms with Gasteiger partial charge in [-0.25, -0.2) is 14.4 Å². The third kappa shape index (κ3) is 3.51. The van der Waals surface area contributed by atoms with Crippen molar-refractivity contribution in [1.29, 1.82) is 0 Å². The van der Waals surface area contributed by atoms with Crippen molar-refractivity contribution in [3.8, 4) is 10.4 Å². The third-order valence-electron chi connectivity index (χ3n) is 5.66. The van der Waals surface area contributed by atoms with Gasteiger partial charge in [0.1, 0.15) is 17.7 Å². The van der Waals surface area contributed by atoms with Crippen LogP contribution < -0.4 is 0 Å². The highest BCUT2D eigenvalue weighted by atomic mass is 35.5. The average molecular weight is 455 g/mol. The van der Waals surface area contributed by atoms with E-state index in [-0.39, 0.29) is 18.9 Å². The standard InChI is InChI=1S/C23H20ClFN4OS/c1-12-16(24)8-9-17-19(12)28-22(27-17)18-10-15(25)11-29(18)23(30)20-21(31-13(2)26-20)14-6-4-3-5-7-14/h3-9,15,18H,10-11H2,1-2H3,(H,27,28)/t15-,18-/m0/s1. The van der Waals surface area contributed by atoms with E-state index in [1.807, 2.05) is 50.2 Å². The fraction of sp³-hybridized carbons (Fsp3) is 0.261. The summed E-state index contributed by atoms with van der Waals surface area (Å²) in [6, 6.07) is 12.9. The molecular weight excluding hydrogens is 435 g/mol. The number of fused-ring (bicyclic) bond motifs is 1. The first-order chi connectivity index (χ1) is 14.9. The topological polar surface area (TPSA) is 61.9 Å². The summed E-state index contributed by atoms with van der Waals surface area (Å²) in [4.78, 5) is 28.4. The maximum Gasteiger partial charge on any atom is 0.274 e. The molecule has 0 saturated carbocycles. The number of carbonyl (C=O) groups is 1. The van der Waals surface area contributed by atoms with Crippen LogP contribution in [0.1, 0.15) is 39.3 Å². The van der Waals surface area contributed by atoms with Crippen molar-refractivity contribution >= 4 is 39.9 Å². The van der Waals surface area contributed by atoms with Crippen LogP contribution in [0, 0.1) is 13.8 Å². The van der Waals surface area contributed by atoms with Crippen LogP contribution in [0.5, 0.6) is 0 Å². The zero-order valence-corrected chi connectivity index (χ0v) is 18.6. The Bertz CT molecular complexity index is 1290. The molecule has 3 heterocycles. The van der Waals surface area contributed by atoms with Crippen molar-refractivity contribution in [3.63, 3.8) is 0 Å². The lowest BCUT2D eigenvalue weighted by atomic mass is 10.1. The van der Waals surface area contributed by atoms with Crippen LogP contribution in [0.25, 0.3) is 21.5 Å². The molecule has 0 radical (unpaired) electrons. The van der Waals surface area contributed by atoms with Crippen molar-refractivity contribution in [1.82, 2.24) is 19.9 Å². The van der Waals surface area contributed by atoms with Crippen molar-refractivity contribution in [2.45, 2.75) is 32.5 Å². The number of aromatic nitrogens is 3. The number of imidazole rings is 1. The van der Waals surface area contributed by atoms with E-state index in [0.717, 1.165) is 32.0 Å². The van der Waals surface area contributed by atoms with Crippen LogP contribution >= 0.6 is 22.9 Å². The summed E-state index contributed by atoms with van der Waals surface area (Å²) in [5.74, 6) is 0.297. The van der Waals surface area contributed by atoms with Gasteiger partial charge >= 0.3 is 0 Å². The van der Waals surface area contributed by atoms with Crippen LogP contribution in [-0.2, 0) is 0 Å². The first-order valence-corrected chi connectivity index (χ1v) is 11.2. The van der Waals surface area contributed by atoms with Gasteiger partial charge in [-0.2, -0.15) is 0 Å². The minimum atomic E-state index is -1.12. The van der Waals surface area contributed by atoms with E-state index in [9.17, 15) is 9.18 Å². The zero-order chi connectivity index (χ0) is 21.7. The minimum absolute atomic E-state index is 0.0189. The number of rotatable bonds is 3. The Morgan fingerprint density at radius 2 is 1.97 bits per heavy atom. The van der Waals surface area contributed by atoms with Gasteiger partial charge in [-0.3, -0.25) is 4.79 Å². The Balaban J connectivity index is 1.54. The number of hydrogen-bond acceptors (Lipinski definition) is 4. The summed E-state index contributed by atoms with van der Waals surface area (Å²) in [5, 5.41) is 1.42. The molecule has 2 atom stereocenters. The largest absolute Gasteiger partial charge is 0.340 e. The summed E-state index contributed by atoms with van der Waals surface area (Å²) >= 11 is 7.70. The molecule has 2 aromatic carbocycles. The van der Waals surface area contributed by atoms with E-state index in [1.165, 1.54) is 11.3 Å². The van der Waals surface area contributed by atoms with E-state index in [0.29, 0.717) is 16.5 Å². The van der Waals surface area contributed by atoms with Crippen molar-refractivity contribution in [2.75, 3.05) is 6.54 Å². The second kappa shape index (κ2) is 7.73. The second-order valence-corrected chi connectivity index (χ2v) is 9.38. The molecule has 1 aliphatic heterocycles. The molecule has 1 fully saturated rings. The number of aryl methyl sites for hydroxylation is 2. The van der Waals surface area contributed by atoms with E-state index in [2.05, 4.69) is 15.0 Å². The fourth-order valence-corrected chi connectivity index (χ4v) is 5.19. The van der Waals surface area contributed by atoms with Crippen LogP contribution in [0.15, 0.2) is 42.5 Å². The maximum absolute atomic E-state index is 14.5. The minimum Gasteiger partial charge on any atom is -0.340 e. The predicted octanol–water partition coefficient (Wildman–Crippen LogP) is 5.88. The van der Waals surface area contributed by atoms with Crippen LogP contribution in [0.4, 0.5) is 4.39 Å². The number of aromatic amines is 1. The van der Waals surface area contributed by atoms with Gasteiger partial charge in [0.05, 0.1) is 33.5 Å². The van der Waals surface area contributed by atoms with Gasteiger partial charge in [0, 0.05) is 11.4 Å². The molecule has 0 bridgehead atoms. The number of alkyl halides is 1. The molecule has 1 saturated heterocycles. The molecular formula is C23H20ClFN4OS. The van der Waals surface area contributed by atoms with Crippen molar-refractivity contribution < 1.29 is 9.18 Å². The molecule has 0 aliphatic carbocycles. The first-order valence-electron chi connectivity index (χ1n) is 10.0. The Morgan fingerprint density at radius 1 is 1.19 bits per heavy atom. The zero-order valence-electron chi connectivity index (χ0n) is 17.0. The smallest absolute Gasteiger partial charge is 0.274 e. The van der Waals surface area contributed by atoms with Gasteiger partial charge in [-0.05, 0) is 37.1 Å². The Labute approximate surface area is 187 Å². The molecule has 0 unspecified atom stereocenters. The van der Waals surface area contributed by atoms with E-state index >= 15 is 0 Å². The fourth-order valence-electron chi connectivity index (χ4n) is 4.13. The van der Waals surface area contributed by atoms with Gasteiger partial charge in [0.25, 0.3) is 5.91 Å². The van der Waals surface area contributed by atoms with Crippen LogP contribution in [0.3, 0.4) is 0 Å². The number of benzene rings is 2. The molecule has 1 aliphatic rings. The van der Waals surface area contributed by atoms with E-state index in [4.69, 9.17) is 11.6 Å². The number of nitrogens with one attached hydrogen (secondary N) is 1. The number of amides is 1. The lowest BCUT2D eigenvalue weighted by Gasteiger charge is -2.22. The Kier molecular flexibility index (Phi) is 5.02. The molecule has 0 spiro atoms.